The number of amides is 2. The van der Waals surface area contributed by atoms with Crippen molar-refractivity contribution in [2.75, 3.05) is 18.0 Å². The lowest BCUT2D eigenvalue weighted by Gasteiger charge is -2.33. The van der Waals surface area contributed by atoms with Gasteiger partial charge in [0.15, 0.2) is 0 Å². The monoisotopic (exact) mass is 418 g/mol. The molecule has 1 N–H and O–H groups in total. The number of piperidine rings is 2. The van der Waals surface area contributed by atoms with E-state index >= 15 is 0 Å². The molecule has 1 unspecified atom stereocenters. The normalized spacial score (nSPS) is 21.8. The number of carbonyl (C=O) groups excluding carboxylic acids is 2. The summed E-state index contributed by atoms with van der Waals surface area (Å²) in [6.45, 7) is 0.663. The molecule has 0 saturated carbocycles. The Labute approximate surface area is 172 Å². The van der Waals surface area contributed by atoms with Gasteiger partial charge < -0.3 is 4.90 Å². The zero-order valence-corrected chi connectivity index (χ0v) is 16.5. The van der Waals surface area contributed by atoms with Crippen molar-refractivity contribution in [2.24, 2.45) is 0 Å². The number of anilines is 1. The Morgan fingerprint density at radius 3 is 2.38 bits per heavy atom. The number of imide groups is 1. The molecule has 2 saturated heterocycles. The molecule has 4 rings (SSSR count). The van der Waals surface area contributed by atoms with Crippen molar-refractivity contribution < 1.29 is 18.4 Å². The van der Waals surface area contributed by atoms with Crippen LogP contribution in [-0.2, 0) is 9.59 Å². The first-order chi connectivity index (χ1) is 13.8. The number of hydrogen-bond acceptors (Lipinski definition) is 3. The van der Waals surface area contributed by atoms with Gasteiger partial charge in [-0.25, -0.2) is 8.78 Å². The van der Waals surface area contributed by atoms with Crippen molar-refractivity contribution in [1.82, 2.24) is 5.32 Å². The Bertz CT molecular complexity index is 936. The van der Waals surface area contributed by atoms with E-state index in [1.54, 1.807) is 0 Å². The fourth-order valence-electron chi connectivity index (χ4n) is 3.98. The largest absolute Gasteiger partial charge is 0.371 e. The minimum absolute atomic E-state index is 0.130. The summed E-state index contributed by atoms with van der Waals surface area (Å²) in [5.74, 6) is -3.60. The van der Waals surface area contributed by atoms with Crippen LogP contribution < -0.4 is 10.2 Å². The predicted molar refractivity (Wildman–Crippen MR) is 108 cm³/mol. The molecule has 7 heteroatoms. The van der Waals surface area contributed by atoms with Gasteiger partial charge >= 0.3 is 0 Å². The molecule has 0 radical (unpaired) electrons. The first-order valence-electron chi connectivity index (χ1n) is 9.69. The van der Waals surface area contributed by atoms with E-state index in [2.05, 4.69) is 5.32 Å². The fraction of sp³-hybridized carbons (Fsp3) is 0.364. The van der Waals surface area contributed by atoms with Gasteiger partial charge in [0.2, 0.25) is 11.8 Å². The maximum Gasteiger partial charge on any atom is 0.251 e. The number of nitrogens with zero attached hydrogens (tertiary/aromatic N) is 1. The van der Waals surface area contributed by atoms with E-state index in [0.29, 0.717) is 36.5 Å². The van der Waals surface area contributed by atoms with Gasteiger partial charge in [-0.1, -0.05) is 41.9 Å². The summed E-state index contributed by atoms with van der Waals surface area (Å²) in [6.07, 6.45) is 0.468. The van der Waals surface area contributed by atoms with Crippen molar-refractivity contribution in [1.29, 1.82) is 0 Å². The number of halogens is 3. The number of alkyl halides is 2. The summed E-state index contributed by atoms with van der Waals surface area (Å²) in [5, 5.41) is 2.86. The maximum atomic E-state index is 13.4. The van der Waals surface area contributed by atoms with Crippen LogP contribution in [-0.4, -0.2) is 30.8 Å². The SMILES string of the molecule is O=C1CCC(c2cccc(-c3ccc(N4CCC(F)(F)CC4)cc3)c2Cl)C(=O)N1. The molecule has 2 amide bonds. The number of carbonyl (C=O) groups is 2. The van der Waals surface area contributed by atoms with E-state index in [0.717, 1.165) is 16.8 Å². The first-order valence-corrected chi connectivity index (χ1v) is 10.1. The number of nitrogens with one attached hydrogen (secondary N) is 1. The maximum absolute atomic E-state index is 13.4. The quantitative estimate of drug-likeness (QED) is 0.731. The van der Waals surface area contributed by atoms with Crippen LogP contribution in [0.2, 0.25) is 5.02 Å². The minimum atomic E-state index is -2.57. The molecule has 2 fully saturated rings. The number of hydrogen-bond donors (Lipinski definition) is 1. The van der Waals surface area contributed by atoms with Gasteiger partial charge in [-0.3, -0.25) is 14.9 Å². The summed E-state index contributed by atoms with van der Waals surface area (Å²) in [4.78, 5) is 25.6. The predicted octanol–water partition coefficient (Wildman–Crippen LogP) is 4.76. The molecular weight excluding hydrogens is 398 g/mol. The van der Waals surface area contributed by atoms with E-state index in [1.165, 1.54) is 0 Å². The van der Waals surface area contributed by atoms with Gasteiger partial charge in [0.05, 0.1) is 10.9 Å². The van der Waals surface area contributed by atoms with Gasteiger partial charge in [0.25, 0.3) is 5.92 Å². The second kappa shape index (κ2) is 7.75. The third-order valence-corrected chi connectivity index (χ3v) is 6.10. The molecule has 2 aromatic rings. The molecule has 0 aliphatic carbocycles. The van der Waals surface area contributed by atoms with E-state index in [4.69, 9.17) is 11.6 Å². The first kappa shape index (κ1) is 19.8. The molecule has 1 atom stereocenters. The van der Waals surface area contributed by atoms with Gasteiger partial charge in [-0.2, -0.15) is 0 Å². The average Bonchev–Trinajstić information content (AvgIpc) is 2.69. The molecular formula is C22H21ClF2N2O2. The summed E-state index contributed by atoms with van der Waals surface area (Å²) in [5.41, 5.74) is 3.29. The highest BCUT2D eigenvalue weighted by Gasteiger charge is 2.34. The van der Waals surface area contributed by atoms with Crippen LogP contribution in [0.15, 0.2) is 42.5 Å². The standard InChI is InChI=1S/C22H21ClF2N2O2/c23-20-16(2-1-3-17(20)18-8-9-19(28)26-21(18)29)14-4-6-15(7-5-14)27-12-10-22(24,25)11-13-27/h1-7,18H,8-13H2,(H,26,28,29). The van der Waals surface area contributed by atoms with Gasteiger partial charge in [-0.15, -0.1) is 0 Å². The summed E-state index contributed by atoms with van der Waals surface area (Å²) in [6, 6.07) is 13.2. The Hall–Kier alpha value is -2.47. The van der Waals surface area contributed by atoms with E-state index in [1.807, 2.05) is 47.4 Å². The molecule has 0 aromatic heterocycles. The summed E-state index contributed by atoms with van der Waals surface area (Å²) in [7, 11) is 0. The van der Waals surface area contributed by atoms with Crippen molar-refractivity contribution in [2.45, 2.75) is 37.5 Å². The third kappa shape index (κ3) is 4.13. The Morgan fingerprint density at radius 2 is 1.72 bits per heavy atom. The van der Waals surface area contributed by atoms with Crippen LogP contribution in [0.1, 0.15) is 37.2 Å². The summed E-state index contributed by atoms with van der Waals surface area (Å²) < 4.78 is 26.8. The number of rotatable bonds is 3. The lowest BCUT2D eigenvalue weighted by molar-refractivity contribution is -0.134. The Balaban J connectivity index is 1.56. The molecule has 152 valence electrons. The Kier molecular flexibility index (Phi) is 5.30. The highest BCUT2D eigenvalue weighted by molar-refractivity contribution is 6.34. The molecule has 2 aliphatic rings. The Morgan fingerprint density at radius 1 is 1.03 bits per heavy atom. The lowest BCUT2D eigenvalue weighted by atomic mass is 9.88. The van der Waals surface area contributed by atoms with Crippen LogP contribution in [0.25, 0.3) is 11.1 Å². The van der Waals surface area contributed by atoms with Crippen LogP contribution in [0.5, 0.6) is 0 Å². The van der Waals surface area contributed by atoms with Crippen molar-refractivity contribution in [3.8, 4) is 11.1 Å². The summed E-state index contributed by atoms with van der Waals surface area (Å²) >= 11 is 6.64. The second-order valence-corrected chi connectivity index (χ2v) is 7.98. The second-order valence-electron chi connectivity index (χ2n) is 7.60. The smallest absolute Gasteiger partial charge is 0.251 e. The number of benzene rings is 2. The third-order valence-electron chi connectivity index (χ3n) is 5.68. The molecule has 0 spiro atoms. The fourth-order valence-corrected chi connectivity index (χ4v) is 4.34. The molecule has 0 bridgehead atoms. The zero-order chi connectivity index (χ0) is 20.6. The lowest BCUT2D eigenvalue weighted by Crippen LogP contribution is -2.39. The molecule has 29 heavy (non-hydrogen) atoms. The van der Waals surface area contributed by atoms with Gasteiger partial charge in [0, 0.05) is 43.6 Å². The van der Waals surface area contributed by atoms with Gasteiger partial charge in [0.1, 0.15) is 0 Å². The van der Waals surface area contributed by atoms with Crippen molar-refractivity contribution in [3.05, 3.63) is 53.1 Å². The van der Waals surface area contributed by atoms with Crippen LogP contribution in [0.4, 0.5) is 14.5 Å². The molecule has 2 heterocycles. The van der Waals surface area contributed by atoms with Gasteiger partial charge in [-0.05, 0) is 29.7 Å². The molecule has 2 aliphatic heterocycles. The average molecular weight is 419 g/mol. The molecule has 2 aromatic carbocycles. The molecule has 4 nitrogen and oxygen atoms in total. The topological polar surface area (TPSA) is 49.4 Å². The highest BCUT2D eigenvalue weighted by Crippen LogP contribution is 2.38. The van der Waals surface area contributed by atoms with E-state index < -0.39 is 11.8 Å². The van der Waals surface area contributed by atoms with E-state index in [-0.39, 0.29) is 24.7 Å². The highest BCUT2D eigenvalue weighted by atomic mass is 35.5. The van der Waals surface area contributed by atoms with Crippen molar-refractivity contribution >= 4 is 29.1 Å². The zero-order valence-electron chi connectivity index (χ0n) is 15.8. The minimum Gasteiger partial charge on any atom is -0.371 e. The van der Waals surface area contributed by atoms with Crippen LogP contribution in [0.3, 0.4) is 0 Å². The van der Waals surface area contributed by atoms with Crippen LogP contribution in [0, 0.1) is 0 Å². The van der Waals surface area contributed by atoms with Crippen molar-refractivity contribution in [3.63, 3.8) is 0 Å². The van der Waals surface area contributed by atoms with E-state index in [9.17, 15) is 18.4 Å². The van der Waals surface area contributed by atoms with Crippen LogP contribution >= 0.6 is 11.6 Å².